The van der Waals surface area contributed by atoms with Gasteiger partial charge < -0.3 is 40.2 Å². The van der Waals surface area contributed by atoms with E-state index in [1.165, 1.54) is 56.9 Å². The van der Waals surface area contributed by atoms with E-state index in [1.54, 1.807) is 9.36 Å². The summed E-state index contributed by atoms with van der Waals surface area (Å²) in [5.41, 5.74) is 11.6. The number of likely N-dealkylation sites (N-methyl/N-ethyl adjacent to an activating group) is 2. The highest BCUT2D eigenvalue weighted by molar-refractivity contribution is 7.92. The van der Waals surface area contributed by atoms with E-state index in [-0.39, 0.29) is 47.0 Å². The maximum Gasteiger partial charge on any atom is 0.354 e. The van der Waals surface area contributed by atoms with Gasteiger partial charge in [-0.15, -0.1) is 8.73 Å². The summed E-state index contributed by atoms with van der Waals surface area (Å²) in [6.07, 6.45) is 14.5. The lowest BCUT2D eigenvalue weighted by Crippen LogP contribution is -2.34. The van der Waals surface area contributed by atoms with Crippen LogP contribution in [0.2, 0.25) is 0 Å². The first-order valence-corrected chi connectivity index (χ1v) is 26.0. The molecule has 6 aliphatic rings. The van der Waals surface area contributed by atoms with Crippen molar-refractivity contribution >= 4 is 43.3 Å². The Bertz CT molecular complexity index is 2520. The van der Waals surface area contributed by atoms with Gasteiger partial charge in [-0.05, 0) is 136 Å². The van der Waals surface area contributed by atoms with E-state index in [0.29, 0.717) is 26.3 Å². The molecule has 0 saturated heterocycles. The molecule has 0 bridgehead atoms. The average Bonchev–Trinajstić information content (AvgIpc) is 4.14. The third-order valence-electron chi connectivity index (χ3n) is 13.0. The van der Waals surface area contributed by atoms with Crippen LogP contribution < -0.4 is 41.0 Å². The second kappa shape index (κ2) is 19.7. The second-order valence-corrected chi connectivity index (χ2v) is 21.0. The summed E-state index contributed by atoms with van der Waals surface area (Å²) in [4.78, 5) is 26.0. The van der Waals surface area contributed by atoms with Gasteiger partial charge in [0, 0.05) is 24.5 Å². The Hall–Kier alpha value is -4.94. The number of hydrogen-bond donors (Lipinski definition) is 6. The van der Waals surface area contributed by atoms with Gasteiger partial charge in [-0.1, -0.05) is 12.1 Å². The number of rotatable bonds is 12. The van der Waals surface area contributed by atoms with Gasteiger partial charge in [-0.3, -0.25) is 0 Å². The van der Waals surface area contributed by atoms with Gasteiger partial charge in [0.2, 0.25) is 11.8 Å². The Balaban J connectivity index is 0.000000166. The van der Waals surface area contributed by atoms with Gasteiger partial charge in [0.1, 0.15) is 35.2 Å². The molecule has 4 aliphatic carbocycles. The fourth-order valence-electron chi connectivity index (χ4n) is 9.90. The Morgan fingerprint density at radius 3 is 1.36 bits per heavy atom. The van der Waals surface area contributed by atoms with Crippen LogP contribution in [0.4, 0.5) is 21.0 Å². The summed E-state index contributed by atoms with van der Waals surface area (Å²) in [5.74, 6) is 0.544. The Kier molecular flexibility index (Phi) is 13.8. The van der Waals surface area contributed by atoms with Gasteiger partial charge >= 0.3 is 12.1 Å². The van der Waals surface area contributed by atoms with Crippen molar-refractivity contribution in [1.82, 2.24) is 30.2 Å². The highest BCUT2D eigenvalue weighted by atomic mass is 32.2. The van der Waals surface area contributed by atoms with Crippen molar-refractivity contribution in [2.45, 2.75) is 112 Å². The van der Waals surface area contributed by atoms with E-state index in [0.717, 1.165) is 102 Å². The monoisotopic (exact) mass is 948 g/mol. The zero-order valence-corrected chi connectivity index (χ0v) is 39.2. The number of benzene rings is 2. The molecular formula is C44H60N12O8S2. The summed E-state index contributed by atoms with van der Waals surface area (Å²) in [6.45, 7) is 4.01. The van der Waals surface area contributed by atoms with Crippen LogP contribution in [0, 0.1) is 0 Å². The molecule has 0 saturated carbocycles. The van der Waals surface area contributed by atoms with Gasteiger partial charge in [-0.25, -0.2) is 37.6 Å². The van der Waals surface area contributed by atoms with E-state index < -0.39 is 31.9 Å². The van der Waals surface area contributed by atoms with Gasteiger partial charge in [0.15, 0.2) is 19.8 Å². The van der Waals surface area contributed by atoms with Crippen LogP contribution in [0.25, 0.3) is 0 Å². The molecule has 0 spiro atoms. The Morgan fingerprint density at radius 1 is 0.652 bits per heavy atom. The lowest BCUT2D eigenvalue weighted by atomic mass is 9.99. The molecule has 0 fully saturated rings. The van der Waals surface area contributed by atoms with Crippen LogP contribution in [0.15, 0.2) is 43.0 Å². The van der Waals surface area contributed by atoms with E-state index in [4.69, 9.17) is 29.2 Å². The van der Waals surface area contributed by atoms with Crippen molar-refractivity contribution in [1.29, 1.82) is 0 Å². The molecule has 2 unspecified atom stereocenters. The highest BCUT2D eigenvalue weighted by Crippen LogP contribution is 2.40. The number of hydrogen-bond acceptors (Lipinski definition) is 12. The van der Waals surface area contributed by atoms with Crippen molar-refractivity contribution in [2.24, 2.45) is 19.0 Å². The molecule has 4 atom stereocenters. The number of fused-ring (bicyclic) bond motifs is 6. The lowest BCUT2D eigenvalue weighted by Gasteiger charge is -2.24. The quantitative estimate of drug-likeness (QED) is 0.111. The second-order valence-electron chi connectivity index (χ2n) is 17.5. The molecule has 66 heavy (non-hydrogen) atoms. The molecular weight excluding hydrogens is 889 g/mol. The predicted molar refractivity (Wildman–Crippen MR) is 248 cm³/mol. The van der Waals surface area contributed by atoms with Gasteiger partial charge in [0.25, 0.3) is 0 Å². The topological polar surface area (TPSA) is 266 Å². The predicted octanol–water partition coefficient (Wildman–Crippen LogP) is 3.58. The third kappa shape index (κ3) is 9.73. The zero-order valence-electron chi connectivity index (χ0n) is 37.5. The smallest absolute Gasteiger partial charge is 0.354 e. The number of urea groups is 2. The first-order valence-electron chi connectivity index (χ1n) is 22.9. The number of aromatic nitrogens is 4. The summed E-state index contributed by atoms with van der Waals surface area (Å²) < 4.78 is 60.3. The number of ether oxygens (including phenoxy) is 4. The minimum Gasteiger partial charge on any atom is -0.474 e. The molecule has 2 aromatic heterocycles. The molecule has 0 radical (unpaired) electrons. The number of anilines is 2. The maximum atomic E-state index is 13.3. The molecule has 20 nitrogen and oxygen atoms in total. The molecule has 2 aliphatic heterocycles. The molecule has 2 aromatic carbocycles. The largest absolute Gasteiger partial charge is 0.474 e. The number of nitrogens with zero attached hydrogens (tertiary/aromatic N) is 6. The van der Waals surface area contributed by atoms with Crippen molar-refractivity contribution in [2.75, 3.05) is 64.2 Å². The maximum absolute atomic E-state index is 13.3. The van der Waals surface area contributed by atoms with Crippen molar-refractivity contribution in [3.05, 3.63) is 69.0 Å². The molecule has 356 valence electrons. The van der Waals surface area contributed by atoms with Crippen LogP contribution in [-0.2, 0) is 93.8 Å². The molecule has 4 aromatic rings. The molecule has 8 N–H and O–H groups in total. The highest BCUT2D eigenvalue weighted by Gasteiger charge is 2.32. The summed E-state index contributed by atoms with van der Waals surface area (Å²) in [7, 11) is -3.37. The van der Waals surface area contributed by atoms with Gasteiger partial charge in [-0.2, -0.15) is 10.2 Å². The molecule has 10 rings (SSSR count). The number of aryl methyl sites for hydroxylation is 4. The minimum atomic E-state index is -3.54. The van der Waals surface area contributed by atoms with E-state index in [1.807, 2.05) is 14.1 Å². The summed E-state index contributed by atoms with van der Waals surface area (Å²) in [5, 5.41) is 32.4. The lowest BCUT2D eigenvalue weighted by molar-refractivity contribution is -0.0116. The third-order valence-corrected chi connectivity index (χ3v) is 15.7. The van der Waals surface area contributed by atoms with Crippen LogP contribution in [-0.4, -0.2) is 106 Å². The zero-order chi connectivity index (χ0) is 46.0. The summed E-state index contributed by atoms with van der Waals surface area (Å²) >= 11 is 0. The average molecular weight is 949 g/mol. The normalized spacial score (nSPS) is 20.4. The van der Waals surface area contributed by atoms with Crippen molar-refractivity contribution < 1.29 is 37.0 Å². The number of amides is 4. The van der Waals surface area contributed by atoms with Crippen molar-refractivity contribution in [3.8, 4) is 11.8 Å². The van der Waals surface area contributed by atoms with E-state index in [9.17, 15) is 18.0 Å². The van der Waals surface area contributed by atoms with Gasteiger partial charge in [0.05, 0.1) is 38.7 Å². The molecule has 4 heterocycles. The SMILES string of the molecule is CNCCO[C@@H]1COc2c(S(N)(=O)=NC(=O)Nc3c4c(cc5c3CCC5)CCC4)cnn2C1.CNCCO[C@@H]1COc2c(S(N)(=O)=NC(=O)Nc3c4c(cc5c3CCC5)CCC4)cnn2C1. The first-order chi connectivity index (χ1) is 31.9. The van der Waals surface area contributed by atoms with Crippen molar-refractivity contribution in [3.63, 3.8) is 0 Å². The molecule has 4 amide bonds. The van der Waals surface area contributed by atoms with Crippen LogP contribution in [0.1, 0.15) is 70.2 Å². The van der Waals surface area contributed by atoms with E-state index >= 15 is 0 Å². The first kappa shape index (κ1) is 46.2. The Labute approximate surface area is 385 Å². The number of nitrogens with two attached hydrogens (primary N) is 2. The summed E-state index contributed by atoms with van der Waals surface area (Å²) in [6, 6.07) is 3.16. The number of carbonyl (C=O) groups is 2. The van der Waals surface area contributed by atoms with Crippen LogP contribution in [0.3, 0.4) is 0 Å². The Morgan fingerprint density at radius 2 is 1.02 bits per heavy atom. The van der Waals surface area contributed by atoms with Crippen LogP contribution in [0.5, 0.6) is 11.8 Å². The fraction of sp³-hybridized carbons (Fsp3) is 0.545. The van der Waals surface area contributed by atoms with E-state index in [2.05, 4.69) is 52.3 Å². The van der Waals surface area contributed by atoms with Crippen LogP contribution >= 0.6 is 0 Å². The molecule has 22 heteroatoms. The minimum absolute atomic E-state index is 0.120. The number of carbonyl (C=O) groups excluding carboxylic acids is 2. The fourth-order valence-corrected chi connectivity index (χ4v) is 11.9. The standard InChI is InChI=1S/2C22H30N6O4S/c2*1-24-8-9-31-16-12-28-21(32-13-16)19(11-25-28)33(23,30)27-22(29)26-20-17-6-2-4-14(17)10-15-5-3-7-18(15)20/h2*10-11,16,24H,2-9,12-13H2,1H3,(H3,23,26,27,29,30)/t2*16-,33?/m00/s1. The number of nitrogens with one attached hydrogen (secondary N) is 4.